The molecule has 1 aromatic heterocycles. The molecular formula is C21H19F3N2O3S. The minimum absolute atomic E-state index is 0.105. The lowest BCUT2D eigenvalue weighted by molar-refractivity contribution is -0.274. The number of likely N-dealkylation sites (N-methyl/N-ethyl adjacent to an activating group) is 1. The number of hydrogen-bond acceptors (Lipinski definition) is 4. The second-order valence-electron chi connectivity index (χ2n) is 7.12. The highest BCUT2D eigenvalue weighted by atomic mass is 32.2. The molecule has 0 fully saturated rings. The molecule has 0 unspecified atom stereocenters. The molecule has 0 atom stereocenters. The van der Waals surface area contributed by atoms with Crippen LogP contribution in [0.4, 0.5) is 13.2 Å². The van der Waals surface area contributed by atoms with Gasteiger partial charge in [-0.3, -0.25) is 0 Å². The fraction of sp³-hybridized carbons (Fsp3) is 0.238. The summed E-state index contributed by atoms with van der Waals surface area (Å²) in [5, 5.41) is 0.353. The lowest BCUT2D eigenvalue weighted by atomic mass is 10.1. The third-order valence-electron chi connectivity index (χ3n) is 4.99. The average Bonchev–Trinajstić information content (AvgIpc) is 3.07. The molecule has 0 N–H and O–H groups in total. The Hall–Kier alpha value is -2.78. The van der Waals surface area contributed by atoms with Crippen molar-refractivity contribution < 1.29 is 26.3 Å². The van der Waals surface area contributed by atoms with Crippen molar-refractivity contribution in [1.29, 1.82) is 0 Å². The molecule has 2 aromatic carbocycles. The molecular weight excluding hydrogens is 417 g/mol. The van der Waals surface area contributed by atoms with Crippen molar-refractivity contribution in [3.8, 4) is 5.75 Å². The second kappa shape index (κ2) is 7.48. The first-order valence-electron chi connectivity index (χ1n) is 9.25. The average molecular weight is 436 g/mol. The van der Waals surface area contributed by atoms with Crippen LogP contribution in [0.1, 0.15) is 12.1 Å². The van der Waals surface area contributed by atoms with Crippen molar-refractivity contribution in [2.75, 3.05) is 20.1 Å². The molecule has 0 amide bonds. The molecule has 0 saturated heterocycles. The van der Waals surface area contributed by atoms with Crippen molar-refractivity contribution in [3.63, 3.8) is 0 Å². The summed E-state index contributed by atoms with van der Waals surface area (Å²) in [6, 6.07) is 13.2. The quantitative estimate of drug-likeness (QED) is 0.605. The Morgan fingerprint density at radius 3 is 2.40 bits per heavy atom. The van der Waals surface area contributed by atoms with Crippen LogP contribution in [0, 0.1) is 0 Å². The molecule has 1 aliphatic rings. The van der Waals surface area contributed by atoms with Crippen LogP contribution in [0.2, 0.25) is 0 Å². The van der Waals surface area contributed by atoms with E-state index >= 15 is 0 Å². The summed E-state index contributed by atoms with van der Waals surface area (Å²) in [7, 11) is -2.00. The summed E-state index contributed by atoms with van der Waals surface area (Å²) < 4.78 is 70.0. The maximum Gasteiger partial charge on any atom is 0.573 e. The number of rotatable bonds is 4. The van der Waals surface area contributed by atoms with Crippen LogP contribution in [-0.4, -0.2) is 43.8 Å². The third kappa shape index (κ3) is 3.95. The predicted molar refractivity (Wildman–Crippen MR) is 108 cm³/mol. The highest BCUT2D eigenvalue weighted by molar-refractivity contribution is 7.90. The van der Waals surface area contributed by atoms with Gasteiger partial charge in [0.15, 0.2) is 0 Å². The van der Waals surface area contributed by atoms with Crippen LogP contribution in [0.25, 0.3) is 16.5 Å². The van der Waals surface area contributed by atoms with E-state index in [1.807, 2.05) is 13.1 Å². The zero-order valence-corrected chi connectivity index (χ0v) is 16.9. The lowest BCUT2D eigenvalue weighted by Crippen LogP contribution is -2.25. The molecule has 2 heterocycles. The van der Waals surface area contributed by atoms with Crippen LogP contribution in [0.15, 0.2) is 65.6 Å². The van der Waals surface area contributed by atoms with E-state index in [1.165, 1.54) is 28.2 Å². The summed E-state index contributed by atoms with van der Waals surface area (Å²) >= 11 is 0. The lowest BCUT2D eigenvalue weighted by Gasteiger charge is -2.23. The Balaban J connectivity index is 1.93. The standard InChI is InChI=1S/C21H19F3N2O3S/c1-25-11-9-15(10-12-25)20-14-16-13-17(29-21(22,23)24)7-8-19(16)26(20)30(27,28)18-5-3-2-4-6-18/h2-9,13-14H,10-12H2,1H3. The number of benzene rings is 2. The van der Waals surface area contributed by atoms with E-state index in [0.717, 1.165) is 18.2 Å². The molecule has 1 aliphatic heterocycles. The molecule has 0 bridgehead atoms. The summed E-state index contributed by atoms with van der Waals surface area (Å²) in [4.78, 5) is 2.20. The topological polar surface area (TPSA) is 51.5 Å². The fourth-order valence-corrected chi connectivity index (χ4v) is 5.12. The highest BCUT2D eigenvalue weighted by Gasteiger charge is 2.32. The maximum atomic E-state index is 13.5. The van der Waals surface area contributed by atoms with E-state index in [2.05, 4.69) is 9.64 Å². The molecule has 30 heavy (non-hydrogen) atoms. The van der Waals surface area contributed by atoms with E-state index in [1.54, 1.807) is 24.3 Å². The molecule has 5 nitrogen and oxygen atoms in total. The van der Waals surface area contributed by atoms with E-state index < -0.39 is 22.1 Å². The van der Waals surface area contributed by atoms with Crippen molar-refractivity contribution in [2.24, 2.45) is 0 Å². The van der Waals surface area contributed by atoms with Gasteiger partial charge in [-0.25, -0.2) is 12.4 Å². The Kier molecular flexibility index (Phi) is 5.11. The molecule has 0 radical (unpaired) electrons. The number of nitrogens with zero attached hydrogens (tertiary/aromatic N) is 2. The molecule has 0 aliphatic carbocycles. The monoisotopic (exact) mass is 436 g/mol. The van der Waals surface area contributed by atoms with Crippen molar-refractivity contribution >= 4 is 26.5 Å². The molecule has 0 spiro atoms. The fourth-order valence-electron chi connectivity index (χ4n) is 3.55. The SMILES string of the molecule is CN1CC=C(c2cc3cc(OC(F)(F)F)ccc3n2S(=O)(=O)c2ccccc2)CC1. The first-order chi connectivity index (χ1) is 14.1. The number of halogens is 3. The molecule has 4 rings (SSSR count). The smallest absolute Gasteiger partial charge is 0.406 e. The van der Waals surface area contributed by atoms with Gasteiger partial charge in [0, 0.05) is 18.5 Å². The number of aromatic nitrogens is 1. The molecule has 0 saturated carbocycles. The van der Waals surface area contributed by atoms with Crippen LogP contribution >= 0.6 is 0 Å². The maximum absolute atomic E-state index is 13.5. The third-order valence-corrected chi connectivity index (χ3v) is 6.73. The van der Waals surface area contributed by atoms with Gasteiger partial charge in [0.1, 0.15) is 5.75 Å². The van der Waals surface area contributed by atoms with Crippen LogP contribution < -0.4 is 4.74 Å². The van der Waals surface area contributed by atoms with E-state index in [-0.39, 0.29) is 4.90 Å². The van der Waals surface area contributed by atoms with Gasteiger partial charge in [-0.1, -0.05) is 24.3 Å². The largest absolute Gasteiger partial charge is 0.573 e. The first-order valence-corrected chi connectivity index (χ1v) is 10.7. The van der Waals surface area contributed by atoms with E-state index in [0.29, 0.717) is 29.6 Å². The number of alkyl halides is 3. The zero-order valence-electron chi connectivity index (χ0n) is 16.1. The Morgan fingerprint density at radius 2 is 1.77 bits per heavy atom. The number of fused-ring (bicyclic) bond motifs is 1. The van der Waals surface area contributed by atoms with Gasteiger partial charge in [0.25, 0.3) is 10.0 Å². The summed E-state index contributed by atoms with van der Waals surface area (Å²) in [5.74, 6) is -0.395. The summed E-state index contributed by atoms with van der Waals surface area (Å²) in [6.45, 7) is 1.41. The van der Waals surface area contributed by atoms with Gasteiger partial charge in [-0.05, 0) is 55.4 Å². The predicted octanol–water partition coefficient (Wildman–Crippen LogP) is 4.50. The van der Waals surface area contributed by atoms with Crippen LogP contribution in [0.3, 0.4) is 0 Å². The van der Waals surface area contributed by atoms with Gasteiger partial charge in [0.05, 0.1) is 16.1 Å². The second-order valence-corrected chi connectivity index (χ2v) is 8.91. The van der Waals surface area contributed by atoms with Gasteiger partial charge in [0.2, 0.25) is 0 Å². The minimum Gasteiger partial charge on any atom is -0.406 e. The van der Waals surface area contributed by atoms with Gasteiger partial charge in [-0.2, -0.15) is 0 Å². The molecule has 3 aromatic rings. The van der Waals surface area contributed by atoms with Crippen LogP contribution in [0.5, 0.6) is 5.75 Å². The Bertz CT molecular complexity index is 1220. The summed E-state index contributed by atoms with van der Waals surface area (Å²) in [5.41, 5.74) is 1.58. The number of hydrogen-bond donors (Lipinski definition) is 0. The van der Waals surface area contributed by atoms with E-state index in [9.17, 15) is 21.6 Å². The molecule has 158 valence electrons. The number of ether oxygens (including phenoxy) is 1. The van der Waals surface area contributed by atoms with Gasteiger partial charge in [-0.15, -0.1) is 13.2 Å². The minimum atomic E-state index is -4.83. The van der Waals surface area contributed by atoms with Crippen LogP contribution in [-0.2, 0) is 10.0 Å². The Labute approximate surface area is 172 Å². The zero-order chi connectivity index (χ0) is 21.5. The Morgan fingerprint density at radius 1 is 1.03 bits per heavy atom. The van der Waals surface area contributed by atoms with Gasteiger partial charge >= 0.3 is 6.36 Å². The normalized spacial score (nSPS) is 15.9. The van der Waals surface area contributed by atoms with Gasteiger partial charge < -0.3 is 9.64 Å². The van der Waals surface area contributed by atoms with Crippen molar-refractivity contribution in [2.45, 2.75) is 17.7 Å². The van der Waals surface area contributed by atoms with Crippen molar-refractivity contribution in [3.05, 3.63) is 66.4 Å². The highest BCUT2D eigenvalue weighted by Crippen LogP contribution is 2.35. The summed E-state index contributed by atoms with van der Waals surface area (Å²) in [6.07, 6.45) is -2.25. The van der Waals surface area contributed by atoms with Crippen molar-refractivity contribution in [1.82, 2.24) is 8.87 Å². The molecule has 9 heteroatoms. The first kappa shape index (κ1) is 20.5. The van der Waals surface area contributed by atoms with E-state index in [4.69, 9.17) is 0 Å².